The third-order valence-electron chi connectivity index (χ3n) is 5.74. The van der Waals surface area contributed by atoms with E-state index in [0.29, 0.717) is 23.8 Å². The normalized spacial score (nSPS) is 11.7. The van der Waals surface area contributed by atoms with Crippen molar-refractivity contribution in [1.29, 1.82) is 0 Å². The molecular weight excluding hydrogens is 458 g/mol. The van der Waals surface area contributed by atoms with E-state index < -0.39 is 0 Å². The molecule has 0 fully saturated rings. The highest BCUT2D eigenvalue weighted by atomic mass is 32.2. The van der Waals surface area contributed by atoms with Gasteiger partial charge in [0.2, 0.25) is 11.8 Å². The van der Waals surface area contributed by atoms with Gasteiger partial charge in [-0.25, -0.2) is 4.98 Å². The van der Waals surface area contributed by atoms with Gasteiger partial charge in [-0.3, -0.25) is 4.79 Å². The second kappa shape index (κ2) is 9.80. The van der Waals surface area contributed by atoms with E-state index in [1.54, 1.807) is 7.11 Å². The first kappa shape index (κ1) is 22.9. The topological polar surface area (TPSA) is 73.3 Å². The summed E-state index contributed by atoms with van der Waals surface area (Å²) < 4.78 is 11.4. The molecule has 0 radical (unpaired) electrons. The zero-order chi connectivity index (χ0) is 24.4. The SMILES string of the molecule is COc1ccc(NC(=O)CSc2nc(-c3ccc(C)cc3)nc3c2Cc2cc(C)ccc2O3)cc1. The number of thioether (sulfide) groups is 1. The number of hydrogen-bond acceptors (Lipinski definition) is 6. The Labute approximate surface area is 208 Å². The average molecular weight is 484 g/mol. The number of nitrogens with zero attached hydrogens (tertiary/aromatic N) is 2. The van der Waals surface area contributed by atoms with Crippen LogP contribution in [-0.2, 0) is 11.2 Å². The van der Waals surface area contributed by atoms with Gasteiger partial charge >= 0.3 is 0 Å². The Morgan fingerprint density at radius 3 is 2.49 bits per heavy atom. The van der Waals surface area contributed by atoms with Crippen molar-refractivity contribution in [3.63, 3.8) is 0 Å². The van der Waals surface area contributed by atoms with Crippen LogP contribution >= 0.6 is 11.8 Å². The number of methoxy groups -OCH3 is 1. The van der Waals surface area contributed by atoms with Crippen molar-refractivity contribution in [1.82, 2.24) is 9.97 Å². The highest BCUT2D eigenvalue weighted by Crippen LogP contribution is 2.40. The maximum atomic E-state index is 12.7. The molecule has 0 unspecified atom stereocenters. The number of carbonyl (C=O) groups is 1. The number of anilines is 1. The fraction of sp³-hybridized carbons (Fsp3) is 0.179. The third-order valence-corrected chi connectivity index (χ3v) is 6.76. The Hall–Kier alpha value is -3.84. The van der Waals surface area contributed by atoms with Gasteiger partial charge in [-0.15, -0.1) is 0 Å². The van der Waals surface area contributed by atoms with Crippen LogP contribution < -0.4 is 14.8 Å². The van der Waals surface area contributed by atoms with Crippen LogP contribution in [0.3, 0.4) is 0 Å². The molecule has 4 aromatic rings. The van der Waals surface area contributed by atoms with Crippen molar-refractivity contribution in [2.24, 2.45) is 0 Å². The quantitative estimate of drug-likeness (QED) is 0.229. The molecule has 35 heavy (non-hydrogen) atoms. The van der Waals surface area contributed by atoms with Gasteiger partial charge in [0.1, 0.15) is 16.5 Å². The predicted molar refractivity (Wildman–Crippen MR) is 139 cm³/mol. The van der Waals surface area contributed by atoms with Crippen molar-refractivity contribution in [2.75, 3.05) is 18.2 Å². The molecule has 1 aliphatic heterocycles. The van der Waals surface area contributed by atoms with Crippen LogP contribution in [-0.4, -0.2) is 28.7 Å². The van der Waals surface area contributed by atoms with Crippen LogP contribution in [0.4, 0.5) is 5.69 Å². The van der Waals surface area contributed by atoms with E-state index in [9.17, 15) is 4.79 Å². The fourth-order valence-electron chi connectivity index (χ4n) is 3.88. The first-order valence-electron chi connectivity index (χ1n) is 11.3. The van der Waals surface area contributed by atoms with E-state index in [4.69, 9.17) is 19.4 Å². The number of aryl methyl sites for hydroxylation is 2. The lowest BCUT2D eigenvalue weighted by Gasteiger charge is -2.22. The summed E-state index contributed by atoms with van der Waals surface area (Å²) in [7, 11) is 1.61. The molecule has 1 N–H and O–H groups in total. The van der Waals surface area contributed by atoms with Gasteiger partial charge in [0.25, 0.3) is 0 Å². The van der Waals surface area contributed by atoms with Crippen LogP contribution in [0.1, 0.15) is 22.3 Å². The third kappa shape index (κ3) is 5.15. The minimum atomic E-state index is -0.114. The highest BCUT2D eigenvalue weighted by Gasteiger charge is 2.25. The molecule has 6 nitrogen and oxygen atoms in total. The summed E-state index contributed by atoms with van der Waals surface area (Å²) in [6.45, 7) is 4.11. The molecule has 7 heteroatoms. The Morgan fingerprint density at radius 2 is 1.74 bits per heavy atom. The summed E-state index contributed by atoms with van der Waals surface area (Å²) in [5.74, 6) is 2.78. The van der Waals surface area contributed by atoms with E-state index in [-0.39, 0.29) is 11.7 Å². The predicted octanol–water partition coefficient (Wildman–Crippen LogP) is 6.20. The van der Waals surface area contributed by atoms with E-state index >= 15 is 0 Å². The monoisotopic (exact) mass is 483 g/mol. The molecule has 0 aliphatic carbocycles. The van der Waals surface area contributed by atoms with Crippen molar-refractivity contribution in [2.45, 2.75) is 25.3 Å². The molecule has 5 rings (SSSR count). The minimum Gasteiger partial charge on any atom is -0.497 e. The van der Waals surface area contributed by atoms with Gasteiger partial charge in [-0.2, -0.15) is 4.98 Å². The summed E-state index contributed by atoms with van der Waals surface area (Å²) in [4.78, 5) is 22.3. The van der Waals surface area contributed by atoms with Crippen molar-refractivity contribution >= 4 is 23.4 Å². The van der Waals surface area contributed by atoms with E-state index in [0.717, 1.165) is 38.8 Å². The highest BCUT2D eigenvalue weighted by molar-refractivity contribution is 8.00. The van der Waals surface area contributed by atoms with Crippen LogP contribution in [0.5, 0.6) is 17.4 Å². The first-order chi connectivity index (χ1) is 17.0. The number of hydrogen-bond donors (Lipinski definition) is 1. The first-order valence-corrected chi connectivity index (χ1v) is 12.3. The lowest BCUT2D eigenvalue weighted by molar-refractivity contribution is -0.113. The van der Waals surface area contributed by atoms with Crippen LogP contribution in [0, 0.1) is 13.8 Å². The Morgan fingerprint density at radius 1 is 1.00 bits per heavy atom. The summed E-state index contributed by atoms with van der Waals surface area (Å²) in [5.41, 5.74) is 5.95. The molecule has 1 amide bonds. The second-order valence-electron chi connectivity index (χ2n) is 8.46. The molecule has 0 spiro atoms. The number of amides is 1. The Bertz CT molecular complexity index is 1390. The minimum absolute atomic E-state index is 0.114. The second-order valence-corrected chi connectivity index (χ2v) is 9.42. The average Bonchev–Trinajstić information content (AvgIpc) is 2.87. The van der Waals surface area contributed by atoms with Crippen LogP contribution in [0.2, 0.25) is 0 Å². The number of ether oxygens (including phenoxy) is 2. The van der Waals surface area contributed by atoms with Crippen LogP contribution in [0.15, 0.2) is 71.8 Å². The van der Waals surface area contributed by atoms with Gasteiger partial charge in [-0.05, 0) is 49.7 Å². The van der Waals surface area contributed by atoms with Gasteiger partial charge in [0.15, 0.2) is 5.82 Å². The van der Waals surface area contributed by atoms with E-state index in [1.165, 1.54) is 17.3 Å². The summed E-state index contributed by atoms with van der Waals surface area (Å²) >= 11 is 1.39. The number of rotatable bonds is 6. The lowest BCUT2D eigenvalue weighted by atomic mass is 10.0. The van der Waals surface area contributed by atoms with Gasteiger partial charge in [0.05, 0.1) is 18.4 Å². The van der Waals surface area contributed by atoms with Gasteiger partial charge < -0.3 is 14.8 Å². The molecule has 3 aromatic carbocycles. The molecule has 0 bridgehead atoms. The van der Waals surface area contributed by atoms with Gasteiger partial charge in [-0.1, -0.05) is 59.3 Å². The van der Waals surface area contributed by atoms with E-state index in [1.807, 2.05) is 67.6 Å². The Balaban J connectivity index is 1.42. The molecule has 0 saturated carbocycles. The largest absolute Gasteiger partial charge is 0.497 e. The van der Waals surface area contributed by atoms with Crippen molar-refractivity contribution in [3.8, 4) is 28.8 Å². The fourth-order valence-corrected chi connectivity index (χ4v) is 4.70. The Kier molecular flexibility index (Phi) is 6.42. The molecule has 0 atom stereocenters. The molecule has 176 valence electrons. The van der Waals surface area contributed by atoms with Crippen LogP contribution in [0.25, 0.3) is 11.4 Å². The summed E-state index contributed by atoms with van der Waals surface area (Å²) in [6.07, 6.45) is 0.656. The van der Waals surface area contributed by atoms with Gasteiger partial charge in [0, 0.05) is 17.7 Å². The number of fused-ring (bicyclic) bond motifs is 2. The zero-order valence-electron chi connectivity index (χ0n) is 19.8. The molecule has 1 aliphatic rings. The number of carbonyl (C=O) groups excluding carboxylic acids is 1. The lowest BCUT2D eigenvalue weighted by Crippen LogP contribution is -2.15. The van der Waals surface area contributed by atoms with Crippen molar-refractivity contribution in [3.05, 3.63) is 89.0 Å². The van der Waals surface area contributed by atoms with E-state index in [2.05, 4.69) is 18.3 Å². The number of aromatic nitrogens is 2. The summed E-state index contributed by atoms with van der Waals surface area (Å²) in [6, 6.07) is 21.5. The smallest absolute Gasteiger partial charge is 0.234 e. The maximum absolute atomic E-state index is 12.7. The summed E-state index contributed by atoms with van der Waals surface area (Å²) in [5, 5.41) is 3.68. The molecule has 2 heterocycles. The zero-order valence-corrected chi connectivity index (χ0v) is 20.6. The van der Waals surface area contributed by atoms with Crippen molar-refractivity contribution < 1.29 is 14.3 Å². The number of benzene rings is 3. The standard InChI is InChI=1S/C28H25N3O3S/c1-17-4-7-19(8-5-17)26-30-27-23(15-20-14-18(2)6-13-24(20)34-27)28(31-26)35-16-25(32)29-21-9-11-22(33-3)12-10-21/h4-14H,15-16H2,1-3H3,(H,29,32). The maximum Gasteiger partial charge on any atom is 0.234 e. The molecule has 0 saturated heterocycles. The molecular formula is C28H25N3O3S. The molecule has 1 aromatic heterocycles. The number of nitrogens with one attached hydrogen (secondary N) is 1.